The van der Waals surface area contributed by atoms with Crippen LogP contribution in [0.3, 0.4) is 0 Å². The second-order valence-corrected chi connectivity index (χ2v) is 7.11. The van der Waals surface area contributed by atoms with Gasteiger partial charge in [-0.1, -0.05) is 12.2 Å². The van der Waals surface area contributed by atoms with Gasteiger partial charge in [-0.25, -0.2) is 0 Å². The first-order valence-corrected chi connectivity index (χ1v) is 6.89. The molecule has 3 N–H and O–H groups in total. The van der Waals surface area contributed by atoms with Crippen LogP contribution in [0, 0.1) is 0 Å². The first kappa shape index (κ1) is 15.8. The summed E-state index contributed by atoms with van der Waals surface area (Å²) in [6, 6.07) is -0.193. The van der Waals surface area contributed by atoms with Gasteiger partial charge in [-0.15, -0.1) is 0 Å². The van der Waals surface area contributed by atoms with Gasteiger partial charge in [0.25, 0.3) is 10.2 Å². The van der Waals surface area contributed by atoms with Crippen molar-refractivity contribution in [3.63, 3.8) is 0 Å². The largest absolute Gasteiger partial charge is 0.392 e. The molecule has 0 bridgehead atoms. The smallest absolute Gasteiger partial charge is 0.280 e. The summed E-state index contributed by atoms with van der Waals surface area (Å²) in [6.45, 7) is 8.95. The Bertz CT molecular complexity index is 344. The molecule has 0 rings (SSSR count). The summed E-state index contributed by atoms with van der Waals surface area (Å²) in [5, 5.41) is 0. The van der Waals surface area contributed by atoms with Crippen LogP contribution in [-0.4, -0.2) is 35.8 Å². The van der Waals surface area contributed by atoms with Crippen molar-refractivity contribution in [1.82, 2.24) is 9.03 Å². The van der Waals surface area contributed by atoms with Gasteiger partial charge in [-0.3, -0.25) is 0 Å². The van der Waals surface area contributed by atoms with E-state index in [0.29, 0.717) is 0 Å². The van der Waals surface area contributed by atoms with Gasteiger partial charge in [0, 0.05) is 11.6 Å². The second-order valence-electron chi connectivity index (χ2n) is 4.96. The van der Waals surface area contributed by atoms with Crippen molar-refractivity contribution < 1.29 is 8.42 Å². The van der Waals surface area contributed by atoms with Gasteiger partial charge < -0.3 is 5.73 Å². The number of hydrogen-bond acceptors (Lipinski definition) is 3. The average Bonchev–Trinajstić information content (AvgIpc) is 1.93. The lowest BCUT2D eigenvalue weighted by molar-refractivity contribution is 0.368. The van der Waals surface area contributed by atoms with Crippen molar-refractivity contribution in [3.05, 3.63) is 0 Å². The van der Waals surface area contributed by atoms with E-state index in [1.54, 1.807) is 34.6 Å². The van der Waals surface area contributed by atoms with E-state index in [1.807, 2.05) is 0 Å². The molecule has 96 valence electrons. The normalized spacial score (nSPS) is 13.4. The number of hydrogen-bond donors (Lipinski definition) is 2. The predicted molar refractivity (Wildman–Crippen MR) is 70.4 cm³/mol. The number of rotatable bonds is 5. The molecule has 0 aliphatic rings. The van der Waals surface area contributed by atoms with Crippen molar-refractivity contribution in [3.8, 4) is 0 Å². The minimum absolute atomic E-state index is 0.0540. The van der Waals surface area contributed by atoms with E-state index < -0.39 is 15.7 Å². The molecule has 7 heteroatoms. The molecule has 0 aromatic rings. The molecule has 0 fully saturated rings. The fourth-order valence-corrected chi connectivity index (χ4v) is 3.12. The summed E-state index contributed by atoms with van der Waals surface area (Å²) < 4.78 is 27.9. The van der Waals surface area contributed by atoms with Gasteiger partial charge in [-0.2, -0.15) is 17.4 Å². The Kier molecular flexibility index (Phi) is 5.31. The van der Waals surface area contributed by atoms with Gasteiger partial charge >= 0.3 is 0 Å². The summed E-state index contributed by atoms with van der Waals surface area (Å²) in [7, 11) is -3.56. The first-order chi connectivity index (χ1) is 6.96. The lowest BCUT2D eigenvalue weighted by Gasteiger charge is -2.30. The fraction of sp³-hybridized carbons (Fsp3) is 0.889. The van der Waals surface area contributed by atoms with Crippen LogP contribution in [0.2, 0.25) is 0 Å². The first-order valence-electron chi connectivity index (χ1n) is 5.05. The number of nitrogens with one attached hydrogen (secondary N) is 1. The lowest BCUT2D eigenvalue weighted by atomic mass is 10.1. The SMILES string of the molecule is CC(C)N(CC(N)=S)S(=O)(=O)NC(C)(C)C. The van der Waals surface area contributed by atoms with Crippen LogP contribution in [0.5, 0.6) is 0 Å². The molecule has 0 aromatic heterocycles. The van der Waals surface area contributed by atoms with Crippen molar-refractivity contribution in [2.75, 3.05) is 6.54 Å². The zero-order valence-electron chi connectivity index (χ0n) is 10.4. The summed E-state index contributed by atoms with van der Waals surface area (Å²) >= 11 is 4.75. The molecule has 0 unspecified atom stereocenters. The Morgan fingerprint density at radius 2 is 1.88 bits per heavy atom. The molecule has 0 aliphatic carbocycles. The maximum Gasteiger partial charge on any atom is 0.280 e. The van der Waals surface area contributed by atoms with Gasteiger partial charge in [-0.05, 0) is 34.6 Å². The van der Waals surface area contributed by atoms with E-state index in [2.05, 4.69) is 4.72 Å². The van der Waals surface area contributed by atoms with Crippen molar-refractivity contribution in [2.45, 2.75) is 46.2 Å². The molecule has 0 aromatic carbocycles. The molecular formula is C9H21N3O2S2. The highest BCUT2D eigenvalue weighted by Gasteiger charge is 2.29. The van der Waals surface area contributed by atoms with Crippen LogP contribution in [0.25, 0.3) is 0 Å². The van der Waals surface area contributed by atoms with E-state index in [1.165, 1.54) is 4.31 Å². The Labute approximate surface area is 104 Å². The van der Waals surface area contributed by atoms with E-state index in [4.69, 9.17) is 18.0 Å². The minimum atomic E-state index is -3.56. The predicted octanol–water partition coefficient (Wildman–Crippen LogP) is 0.616. The van der Waals surface area contributed by atoms with Gasteiger partial charge in [0.15, 0.2) is 0 Å². The van der Waals surface area contributed by atoms with Gasteiger partial charge in [0.1, 0.15) is 0 Å². The molecule has 0 saturated carbocycles. The highest BCUT2D eigenvalue weighted by Crippen LogP contribution is 2.09. The maximum atomic E-state index is 12.0. The molecule has 0 spiro atoms. The third-order valence-electron chi connectivity index (χ3n) is 1.63. The van der Waals surface area contributed by atoms with Crippen LogP contribution in [0.1, 0.15) is 34.6 Å². The second kappa shape index (κ2) is 5.39. The van der Waals surface area contributed by atoms with Crippen molar-refractivity contribution >= 4 is 27.4 Å². The Balaban J connectivity index is 4.99. The zero-order valence-corrected chi connectivity index (χ0v) is 12.1. The lowest BCUT2D eigenvalue weighted by Crippen LogP contribution is -2.52. The zero-order chi connectivity index (χ0) is 13.1. The summed E-state index contributed by atoms with van der Waals surface area (Å²) in [5.41, 5.74) is 4.86. The van der Waals surface area contributed by atoms with Crippen LogP contribution < -0.4 is 10.5 Å². The summed E-state index contributed by atoms with van der Waals surface area (Å²) in [5.74, 6) is 0. The Morgan fingerprint density at radius 3 is 2.12 bits per heavy atom. The van der Waals surface area contributed by atoms with E-state index in [-0.39, 0.29) is 17.6 Å². The molecule has 0 atom stereocenters. The molecule has 0 amide bonds. The molecular weight excluding hydrogens is 246 g/mol. The van der Waals surface area contributed by atoms with Gasteiger partial charge in [0.2, 0.25) is 0 Å². The summed E-state index contributed by atoms with van der Waals surface area (Å²) in [4.78, 5) is 0.160. The van der Waals surface area contributed by atoms with Crippen molar-refractivity contribution in [1.29, 1.82) is 0 Å². The Hall–Kier alpha value is -0.240. The van der Waals surface area contributed by atoms with E-state index in [9.17, 15) is 8.42 Å². The number of thiocarbonyl (C=S) groups is 1. The minimum Gasteiger partial charge on any atom is -0.392 e. The Morgan fingerprint density at radius 1 is 1.44 bits per heavy atom. The maximum absolute atomic E-state index is 12.0. The molecule has 0 aliphatic heterocycles. The number of nitrogens with two attached hydrogens (primary N) is 1. The number of nitrogens with zero attached hydrogens (tertiary/aromatic N) is 1. The quantitative estimate of drug-likeness (QED) is 0.716. The summed E-state index contributed by atoms with van der Waals surface area (Å²) in [6.07, 6.45) is 0. The van der Waals surface area contributed by atoms with E-state index >= 15 is 0 Å². The third kappa shape index (κ3) is 5.74. The average molecular weight is 267 g/mol. The van der Waals surface area contributed by atoms with Crippen LogP contribution in [0.15, 0.2) is 0 Å². The van der Waals surface area contributed by atoms with E-state index in [0.717, 1.165) is 0 Å². The topological polar surface area (TPSA) is 75.4 Å². The molecule has 0 saturated heterocycles. The fourth-order valence-electron chi connectivity index (χ4n) is 1.14. The molecule has 16 heavy (non-hydrogen) atoms. The van der Waals surface area contributed by atoms with Crippen LogP contribution in [0.4, 0.5) is 0 Å². The highest BCUT2D eigenvalue weighted by molar-refractivity contribution is 7.87. The third-order valence-corrected chi connectivity index (χ3v) is 3.80. The van der Waals surface area contributed by atoms with Crippen molar-refractivity contribution in [2.24, 2.45) is 5.73 Å². The standard InChI is InChI=1S/C9H21N3O2S2/c1-7(2)12(6-8(10)15)16(13,14)11-9(3,4)5/h7,11H,6H2,1-5H3,(H2,10,15). The monoisotopic (exact) mass is 267 g/mol. The van der Waals surface area contributed by atoms with Crippen LogP contribution >= 0.6 is 12.2 Å². The molecule has 5 nitrogen and oxygen atoms in total. The molecule has 0 heterocycles. The molecule has 0 radical (unpaired) electrons. The van der Waals surface area contributed by atoms with Gasteiger partial charge in [0.05, 0.1) is 11.5 Å². The van der Waals surface area contributed by atoms with Crippen LogP contribution in [-0.2, 0) is 10.2 Å². The highest BCUT2D eigenvalue weighted by atomic mass is 32.2.